The highest BCUT2D eigenvalue weighted by Gasteiger charge is 2.34. The van der Waals surface area contributed by atoms with Crippen LogP contribution in [-0.4, -0.2) is 50.3 Å². The number of carbonyl (C=O) groups is 1. The molecule has 0 spiro atoms. The Kier molecular flexibility index (Phi) is 4.26. The number of methoxy groups -OCH3 is 1. The van der Waals surface area contributed by atoms with Crippen LogP contribution in [0, 0.1) is 0 Å². The maximum absolute atomic E-state index is 12.8. The zero-order chi connectivity index (χ0) is 18.3. The molecular weight excluding hydrogens is 334 g/mol. The summed E-state index contributed by atoms with van der Waals surface area (Å²) >= 11 is 0. The van der Waals surface area contributed by atoms with E-state index in [1.165, 1.54) is 11.8 Å². The van der Waals surface area contributed by atoms with Crippen molar-refractivity contribution in [2.75, 3.05) is 20.2 Å². The molecule has 2 aromatic heterocycles. The molecule has 26 heavy (non-hydrogen) atoms. The molecule has 1 aliphatic heterocycles. The van der Waals surface area contributed by atoms with Gasteiger partial charge in [-0.1, -0.05) is 0 Å². The lowest BCUT2D eigenvalue weighted by molar-refractivity contribution is 0.0706. The summed E-state index contributed by atoms with van der Waals surface area (Å²) in [5.74, 6) is 1.39. The zero-order valence-corrected chi connectivity index (χ0v) is 15.1. The first-order valence-electron chi connectivity index (χ1n) is 9.04. The highest BCUT2D eigenvalue weighted by Crippen LogP contribution is 2.37. The van der Waals surface area contributed by atoms with E-state index in [2.05, 4.69) is 10.1 Å². The summed E-state index contributed by atoms with van der Waals surface area (Å²) in [6.45, 7) is 1.27. The highest BCUT2D eigenvalue weighted by atomic mass is 16.5. The summed E-state index contributed by atoms with van der Waals surface area (Å²) in [6, 6.07) is 3.79. The summed E-state index contributed by atoms with van der Waals surface area (Å²) in [6.07, 6.45) is 5.32. The van der Waals surface area contributed by atoms with Gasteiger partial charge in [0.25, 0.3) is 5.91 Å². The third-order valence-electron chi connectivity index (χ3n) is 5.24. The summed E-state index contributed by atoms with van der Waals surface area (Å²) in [7, 11) is 3.22. The fraction of sp³-hybridized carbons (Fsp3) is 0.556. The van der Waals surface area contributed by atoms with Crippen LogP contribution in [0.1, 0.15) is 53.8 Å². The largest absolute Gasteiger partial charge is 0.480 e. The second-order valence-corrected chi connectivity index (χ2v) is 6.99. The number of rotatable bonds is 4. The SMILES string of the molecule is COc1ncccc1C(=O)N1CCC(c2nn(C)c(=O)n2C2CC2)CC1. The van der Waals surface area contributed by atoms with E-state index in [4.69, 9.17) is 4.74 Å². The van der Waals surface area contributed by atoms with Gasteiger partial charge in [0.05, 0.1) is 7.11 Å². The number of nitrogens with zero attached hydrogens (tertiary/aromatic N) is 5. The molecule has 0 radical (unpaired) electrons. The third kappa shape index (κ3) is 2.89. The van der Waals surface area contributed by atoms with Crippen LogP contribution in [0.25, 0.3) is 0 Å². The number of ether oxygens (including phenoxy) is 1. The van der Waals surface area contributed by atoms with Crippen LogP contribution in [0.4, 0.5) is 0 Å². The van der Waals surface area contributed by atoms with Gasteiger partial charge in [0.15, 0.2) is 0 Å². The molecule has 2 fully saturated rings. The van der Waals surface area contributed by atoms with Crippen molar-refractivity contribution in [1.82, 2.24) is 24.2 Å². The summed E-state index contributed by atoms with van der Waals surface area (Å²) < 4.78 is 8.51. The lowest BCUT2D eigenvalue weighted by Crippen LogP contribution is -2.38. The smallest absolute Gasteiger partial charge is 0.345 e. The number of pyridine rings is 1. The van der Waals surface area contributed by atoms with Gasteiger partial charge in [0.2, 0.25) is 5.88 Å². The summed E-state index contributed by atoms with van der Waals surface area (Å²) in [4.78, 5) is 31.1. The second-order valence-electron chi connectivity index (χ2n) is 6.99. The number of hydrogen-bond donors (Lipinski definition) is 0. The molecule has 0 N–H and O–H groups in total. The zero-order valence-electron chi connectivity index (χ0n) is 15.1. The molecule has 4 rings (SSSR count). The van der Waals surface area contributed by atoms with Gasteiger partial charge in [0.1, 0.15) is 11.4 Å². The van der Waals surface area contributed by atoms with Crippen molar-refractivity contribution in [2.45, 2.75) is 37.6 Å². The topological polar surface area (TPSA) is 82.2 Å². The molecule has 1 saturated heterocycles. The molecule has 2 aromatic rings. The van der Waals surface area contributed by atoms with Crippen molar-refractivity contribution in [3.8, 4) is 5.88 Å². The maximum atomic E-state index is 12.8. The Labute approximate surface area is 151 Å². The molecule has 1 amide bonds. The molecule has 0 unspecified atom stereocenters. The Morgan fingerprint density at radius 2 is 1.96 bits per heavy atom. The Balaban J connectivity index is 1.49. The van der Waals surface area contributed by atoms with Gasteiger partial charge in [-0.3, -0.25) is 9.36 Å². The van der Waals surface area contributed by atoms with E-state index >= 15 is 0 Å². The van der Waals surface area contributed by atoms with Gasteiger partial charge in [-0.25, -0.2) is 14.5 Å². The van der Waals surface area contributed by atoms with E-state index in [9.17, 15) is 9.59 Å². The van der Waals surface area contributed by atoms with Crippen LogP contribution < -0.4 is 10.4 Å². The predicted molar refractivity (Wildman–Crippen MR) is 94.4 cm³/mol. The van der Waals surface area contributed by atoms with Gasteiger partial charge < -0.3 is 9.64 Å². The number of likely N-dealkylation sites (tertiary alicyclic amines) is 1. The predicted octanol–water partition coefficient (Wildman–Crippen LogP) is 1.34. The fourth-order valence-corrected chi connectivity index (χ4v) is 3.68. The van der Waals surface area contributed by atoms with E-state index in [1.807, 2.05) is 9.47 Å². The molecule has 0 bridgehead atoms. The van der Waals surface area contributed by atoms with Gasteiger partial charge in [-0.05, 0) is 37.8 Å². The first-order valence-corrected chi connectivity index (χ1v) is 9.04. The minimum absolute atomic E-state index is 0.0268. The maximum Gasteiger partial charge on any atom is 0.345 e. The molecule has 3 heterocycles. The molecule has 1 saturated carbocycles. The molecule has 2 aliphatic rings. The van der Waals surface area contributed by atoms with Crippen LogP contribution in [0.2, 0.25) is 0 Å². The number of amides is 1. The van der Waals surface area contributed by atoms with E-state index in [1.54, 1.807) is 25.4 Å². The van der Waals surface area contributed by atoms with Gasteiger partial charge in [0, 0.05) is 38.3 Å². The molecule has 0 atom stereocenters. The van der Waals surface area contributed by atoms with Gasteiger partial charge in [-0.2, -0.15) is 5.10 Å². The van der Waals surface area contributed by atoms with Crippen LogP contribution >= 0.6 is 0 Å². The third-order valence-corrected chi connectivity index (χ3v) is 5.24. The number of aryl methyl sites for hydroxylation is 1. The van der Waals surface area contributed by atoms with E-state index in [-0.39, 0.29) is 17.5 Å². The first kappa shape index (κ1) is 16.8. The normalized spacial score (nSPS) is 18.2. The summed E-state index contributed by atoms with van der Waals surface area (Å²) in [5, 5.41) is 4.48. The average molecular weight is 357 g/mol. The fourth-order valence-electron chi connectivity index (χ4n) is 3.68. The second kappa shape index (κ2) is 6.59. The number of hydrogen-bond acceptors (Lipinski definition) is 5. The lowest BCUT2D eigenvalue weighted by atomic mass is 9.95. The van der Waals surface area contributed by atoms with Crippen molar-refractivity contribution < 1.29 is 9.53 Å². The van der Waals surface area contributed by atoms with Crippen molar-refractivity contribution >= 4 is 5.91 Å². The molecule has 138 valence electrons. The number of piperidine rings is 1. The highest BCUT2D eigenvalue weighted by molar-refractivity contribution is 5.96. The van der Waals surface area contributed by atoms with Crippen LogP contribution in [-0.2, 0) is 7.05 Å². The van der Waals surface area contributed by atoms with Crippen molar-refractivity contribution in [3.05, 3.63) is 40.2 Å². The minimum Gasteiger partial charge on any atom is -0.480 e. The molecule has 8 nitrogen and oxygen atoms in total. The van der Waals surface area contributed by atoms with Crippen LogP contribution in [0.5, 0.6) is 5.88 Å². The average Bonchev–Trinajstić information content (AvgIpc) is 3.47. The Bertz CT molecular complexity index is 875. The van der Waals surface area contributed by atoms with E-state index in [0.29, 0.717) is 30.6 Å². The van der Waals surface area contributed by atoms with Crippen LogP contribution in [0.3, 0.4) is 0 Å². The minimum atomic E-state index is -0.0611. The first-order chi connectivity index (χ1) is 12.6. The molecular formula is C18H23N5O3. The van der Waals surface area contributed by atoms with Gasteiger partial charge >= 0.3 is 5.69 Å². The van der Waals surface area contributed by atoms with E-state index in [0.717, 1.165) is 31.5 Å². The molecule has 0 aromatic carbocycles. The van der Waals surface area contributed by atoms with Gasteiger partial charge in [-0.15, -0.1) is 0 Å². The van der Waals surface area contributed by atoms with E-state index < -0.39 is 0 Å². The van der Waals surface area contributed by atoms with Crippen LogP contribution in [0.15, 0.2) is 23.1 Å². The Morgan fingerprint density at radius 1 is 1.23 bits per heavy atom. The summed E-state index contributed by atoms with van der Waals surface area (Å²) in [5.41, 5.74) is 0.460. The van der Waals surface area contributed by atoms with Crippen molar-refractivity contribution in [3.63, 3.8) is 0 Å². The molecule has 1 aliphatic carbocycles. The monoisotopic (exact) mass is 357 g/mol. The lowest BCUT2D eigenvalue weighted by Gasteiger charge is -2.31. The Hall–Kier alpha value is -2.64. The quantitative estimate of drug-likeness (QED) is 0.825. The number of carbonyl (C=O) groups excluding carboxylic acids is 1. The number of aromatic nitrogens is 4. The standard InChI is InChI=1S/C18H23N5O3/c1-21-18(25)23(13-5-6-13)15(20-21)12-7-10-22(11-8-12)17(24)14-4-3-9-19-16(14)26-2/h3-4,9,12-13H,5-8,10-11H2,1-2H3. The molecule has 8 heteroatoms. The Morgan fingerprint density at radius 3 is 2.62 bits per heavy atom. The van der Waals surface area contributed by atoms with Crippen molar-refractivity contribution in [1.29, 1.82) is 0 Å². The van der Waals surface area contributed by atoms with Crippen molar-refractivity contribution in [2.24, 2.45) is 7.05 Å².